The number of phenols is 2. The van der Waals surface area contributed by atoms with E-state index in [1.54, 1.807) is 0 Å². The molecule has 44 heteroatoms. The SMILES string of the molecule is O=C(O)CCCCCNc1nc(Nc2ccc(Nc3nc(O)nc(Nc4cc(S(=O)(=O)O)cc5cc(S(=O)(=O)O)c(N=Nc6ccccc6S(=O)(=O)O)c(O)c45)n3)cc2)nc(Nc2cc(S(=O)(=O)O)cc3cc(S(=O)(=O)O)c(N=Nc4ccccc4S(=O)(=O)O)c(O)c23)n1. The first-order valence-electron chi connectivity index (χ1n) is 25.8. The number of unbranched alkanes of at least 4 members (excludes halogenated alkanes) is 2. The third kappa shape index (κ3) is 16.3. The number of phenolic OH excluding ortho intramolecular Hbond substituents is 2. The summed E-state index contributed by atoms with van der Waals surface area (Å²) in [5.41, 5.74) is -3.94. The van der Waals surface area contributed by atoms with Crippen LogP contribution in [0, 0.1) is 0 Å². The van der Waals surface area contributed by atoms with Crippen molar-refractivity contribution in [1.82, 2.24) is 29.9 Å². The van der Waals surface area contributed by atoms with Crippen molar-refractivity contribution in [2.24, 2.45) is 20.5 Å². The van der Waals surface area contributed by atoms with Gasteiger partial charge in [0.15, 0.2) is 11.5 Å². The number of aromatic nitrogens is 6. The van der Waals surface area contributed by atoms with Crippen molar-refractivity contribution in [3.8, 4) is 17.5 Å². The van der Waals surface area contributed by atoms with E-state index in [4.69, 9.17) is 5.11 Å². The maximum absolute atomic E-state index is 12.8. The molecule has 0 aliphatic rings. The van der Waals surface area contributed by atoms with Gasteiger partial charge in [0.25, 0.3) is 60.7 Å². The number of benzene rings is 7. The number of aromatic hydroxyl groups is 3. The topological polar surface area (TPSA) is 611 Å². The predicted molar refractivity (Wildman–Crippen MR) is 327 cm³/mol. The average Bonchev–Trinajstić information content (AvgIpc) is 0.755. The van der Waals surface area contributed by atoms with Crippen LogP contribution < -0.4 is 26.6 Å². The van der Waals surface area contributed by atoms with Crippen LogP contribution in [0.5, 0.6) is 17.5 Å². The molecule has 0 aliphatic heterocycles. The number of carbonyl (C=O) groups is 1. The summed E-state index contributed by atoms with van der Waals surface area (Å²) in [4.78, 5) is 30.0. The minimum Gasteiger partial charge on any atom is -0.505 e. The summed E-state index contributed by atoms with van der Waals surface area (Å²) in [7, 11) is -31.1. The number of azo groups is 2. The van der Waals surface area contributed by atoms with Crippen LogP contribution in [0.15, 0.2) is 159 Å². The van der Waals surface area contributed by atoms with Crippen molar-refractivity contribution in [2.45, 2.75) is 55.1 Å². The summed E-state index contributed by atoms with van der Waals surface area (Å²) in [5.74, 6) is -5.36. The van der Waals surface area contributed by atoms with Crippen molar-refractivity contribution >= 4 is 163 Å². The minimum absolute atomic E-state index is 0.121. The molecule has 0 aliphatic carbocycles. The van der Waals surface area contributed by atoms with Gasteiger partial charge in [-0.05, 0) is 109 Å². The van der Waals surface area contributed by atoms with Crippen LogP contribution in [-0.4, -0.2) is 141 Å². The molecule has 94 heavy (non-hydrogen) atoms. The molecule has 9 rings (SSSR count). The maximum atomic E-state index is 12.8. The molecule has 0 radical (unpaired) electrons. The van der Waals surface area contributed by atoms with Gasteiger partial charge in [-0.2, -0.15) is 80.4 Å². The molecule has 0 atom stereocenters. The molecule has 2 aromatic heterocycles. The van der Waals surface area contributed by atoms with E-state index in [0.717, 1.165) is 30.3 Å². The lowest BCUT2D eigenvalue weighted by Crippen LogP contribution is -2.11. The minimum atomic E-state index is -5.42. The highest BCUT2D eigenvalue weighted by Crippen LogP contribution is 2.48. The number of hydrogen-bond acceptors (Lipinski definition) is 31. The number of carboxylic acids is 1. The van der Waals surface area contributed by atoms with Gasteiger partial charge in [-0.25, -0.2) is 0 Å². The first-order valence-corrected chi connectivity index (χ1v) is 34.4. The number of hydrogen-bond donors (Lipinski definition) is 15. The average molecular weight is 1410 g/mol. The van der Waals surface area contributed by atoms with Gasteiger partial charge in [-0.1, -0.05) is 30.7 Å². The largest absolute Gasteiger partial charge is 0.505 e. The number of carboxylic acid groups (broad SMARTS) is 1. The van der Waals surface area contributed by atoms with Gasteiger partial charge in [0.05, 0.1) is 21.2 Å². The summed E-state index contributed by atoms with van der Waals surface area (Å²) < 4.78 is 210. The fraction of sp³-hybridized carbons (Fsp3) is 0.100. The number of aliphatic carboxylic acids is 1. The van der Waals surface area contributed by atoms with Crippen LogP contribution in [0.2, 0.25) is 0 Å². The van der Waals surface area contributed by atoms with E-state index in [1.165, 1.54) is 48.5 Å². The Morgan fingerprint density at radius 2 is 0.777 bits per heavy atom. The highest BCUT2D eigenvalue weighted by Gasteiger charge is 2.29. The Hall–Kier alpha value is -10.4. The van der Waals surface area contributed by atoms with Gasteiger partial charge in [-0.3, -0.25) is 32.1 Å². The second-order valence-corrected chi connectivity index (χ2v) is 27.7. The van der Waals surface area contributed by atoms with E-state index in [9.17, 15) is 97.9 Å². The first-order chi connectivity index (χ1) is 43.9. The lowest BCUT2D eigenvalue weighted by Gasteiger charge is -2.16. The van der Waals surface area contributed by atoms with Gasteiger partial charge in [0.2, 0.25) is 29.7 Å². The zero-order valence-electron chi connectivity index (χ0n) is 46.6. The number of anilines is 9. The van der Waals surface area contributed by atoms with Crippen LogP contribution in [0.1, 0.15) is 25.7 Å². The molecular formula is C50H43N15O23S6. The third-order valence-corrected chi connectivity index (χ3v) is 17.9. The molecule has 492 valence electrons. The number of fused-ring (bicyclic) bond motifs is 2. The summed E-state index contributed by atoms with van der Waals surface area (Å²) in [5, 5.41) is 69.6. The second-order valence-electron chi connectivity index (χ2n) is 19.3. The monoisotopic (exact) mass is 1410 g/mol. The molecule has 0 amide bonds. The molecule has 0 unspecified atom stereocenters. The molecule has 0 bridgehead atoms. The van der Waals surface area contributed by atoms with Crippen molar-refractivity contribution in [3.63, 3.8) is 0 Å². The van der Waals surface area contributed by atoms with Crippen LogP contribution >= 0.6 is 0 Å². The molecule has 15 N–H and O–H groups in total. The standard InChI is InChI=1S/C50H43N15O23S6/c66-38(67)12-2-1-7-17-51-45-56-46(58-48(57-45)54-32-22-28(89(71,72)73)18-24-20-36(93(83,84)85)41(43(68)39(24)32)64-62-30-8-3-5-10-34(30)91(77,78)79)52-26-13-15-27(16-14-26)53-47-59-49(61-50(70)60-47)55-33-23-29(90(74,75)76)19-25-21-37(94(86,87)88)42(44(69)40(25)33)65-63-31-9-4-6-11-35(31)92(80,81)82/h3-6,8-11,13-16,18-23,68-69H,1-2,7,12,17H2,(H,66,67)(H,71,72,73)(H,74,75,76)(H,77,78,79)(H,80,81,82)(H,83,84,85)(H,86,87,88)(H3,51,52,54,56,57,58)(H3,53,55,59,60,61,70). The zero-order chi connectivity index (χ0) is 68.5. The fourth-order valence-corrected chi connectivity index (χ4v) is 12.3. The normalized spacial score (nSPS) is 12.6. The second kappa shape index (κ2) is 26.3. The van der Waals surface area contributed by atoms with Gasteiger partial charge in [-0.15, -0.1) is 20.5 Å². The Bertz CT molecular complexity index is 5370. The Morgan fingerprint density at radius 1 is 0.404 bits per heavy atom. The maximum Gasteiger partial charge on any atom is 0.320 e. The van der Waals surface area contributed by atoms with E-state index in [1.807, 2.05) is 0 Å². The Labute approximate surface area is 528 Å². The Morgan fingerprint density at radius 3 is 1.17 bits per heavy atom. The van der Waals surface area contributed by atoms with Crippen molar-refractivity contribution in [1.29, 1.82) is 0 Å². The van der Waals surface area contributed by atoms with E-state index < -0.39 is 187 Å². The van der Waals surface area contributed by atoms with Crippen molar-refractivity contribution in [2.75, 3.05) is 33.1 Å². The van der Waals surface area contributed by atoms with E-state index in [0.29, 0.717) is 49.6 Å². The summed E-state index contributed by atoms with van der Waals surface area (Å²) >= 11 is 0. The molecular weight excluding hydrogens is 1370 g/mol. The number of nitrogens with one attached hydrogen (secondary N) is 5. The zero-order valence-corrected chi connectivity index (χ0v) is 51.5. The van der Waals surface area contributed by atoms with Crippen molar-refractivity contribution in [3.05, 3.63) is 109 Å². The molecule has 0 saturated heterocycles. The highest BCUT2D eigenvalue weighted by atomic mass is 32.2. The fourth-order valence-electron chi connectivity index (χ4n) is 8.68. The van der Waals surface area contributed by atoms with Gasteiger partial charge >= 0.3 is 12.0 Å². The number of nitrogens with zero attached hydrogens (tertiary/aromatic N) is 10. The molecule has 0 fully saturated rings. The summed E-state index contributed by atoms with van der Waals surface area (Å²) in [6.45, 7) is 0.129. The van der Waals surface area contributed by atoms with Gasteiger partial charge < -0.3 is 47.0 Å². The Kier molecular flexibility index (Phi) is 19.0. The molecule has 7 aromatic carbocycles. The highest BCUT2D eigenvalue weighted by molar-refractivity contribution is 7.87. The predicted octanol–water partition coefficient (Wildman–Crippen LogP) is 7.82. The molecule has 0 spiro atoms. The van der Waals surface area contributed by atoms with Gasteiger partial charge in [0, 0.05) is 35.1 Å². The summed E-state index contributed by atoms with van der Waals surface area (Å²) in [6.07, 6.45) is 0.995. The van der Waals surface area contributed by atoms with Crippen molar-refractivity contribution < 1.29 is 103 Å². The quantitative estimate of drug-likeness (QED) is 0.0147. The van der Waals surface area contributed by atoms with Crippen LogP contribution in [0.25, 0.3) is 21.5 Å². The van der Waals surface area contributed by atoms with E-state index in [2.05, 4.69) is 76.9 Å². The first kappa shape index (κ1) is 68.0. The van der Waals surface area contributed by atoms with Gasteiger partial charge in [0.1, 0.15) is 42.3 Å². The van der Waals surface area contributed by atoms with E-state index >= 15 is 0 Å². The lowest BCUT2D eigenvalue weighted by atomic mass is 10.1. The smallest absolute Gasteiger partial charge is 0.320 e. The molecule has 2 heterocycles. The third-order valence-electron chi connectivity index (χ3n) is 12.7. The molecule has 0 saturated carbocycles. The van der Waals surface area contributed by atoms with Crippen LogP contribution in [-0.2, 0) is 65.5 Å². The Balaban J connectivity index is 1.05. The van der Waals surface area contributed by atoms with Crippen LogP contribution in [0.4, 0.5) is 75.2 Å². The molecule has 9 aromatic rings. The lowest BCUT2D eigenvalue weighted by molar-refractivity contribution is -0.137. The van der Waals surface area contributed by atoms with E-state index in [-0.39, 0.29) is 36.2 Å². The van der Waals surface area contributed by atoms with Crippen LogP contribution in [0.3, 0.4) is 0 Å². The summed E-state index contributed by atoms with van der Waals surface area (Å²) in [6, 6.07) is 17.6. The number of rotatable bonds is 25. The molecule has 38 nitrogen and oxygen atoms in total.